The van der Waals surface area contributed by atoms with E-state index in [1.54, 1.807) is 0 Å². The van der Waals surface area contributed by atoms with Gasteiger partial charge in [-0.1, -0.05) is 23.2 Å². The molecule has 2 aromatic rings. The number of hydrogen-bond donors (Lipinski definition) is 2. The molecule has 14 heteroatoms. The number of nitro benzene ring substituents is 1. The number of alkyl halides is 3. The number of hydrogen-bond acceptors (Lipinski definition) is 5. The minimum absolute atomic E-state index is 0.00237. The number of carbonyl (C=O) groups is 1. The Hall–Kier alpha value is -2.57. The molecule has 0 bridgehead atoms. The van der Waals surface area contributed by atoms with E-state index in [1.165, 1.54) is 10.8 Å². The number of anilines is 2. The van der Waals surface area contributed by atoms with E-state index in [4.69, 9.17) is 23.2 Å². The lowest BCUT2D eigenvalue weighted by atomic mass is 10.2. The minimum atomic E-state index is -5.67. The lowest BCUT2D eigenvalue weighted by Crippen LogP contribution is -2.30. The van der Waals surface area contributed by atoms with Crippen LogP contribution < -0.4 is 10.0 Å². The van der Waals surface area contributed by atoms with Crippen LogP contribution in [0, 0.1) is 10.1 Å². The van der Waals surface area contributed by atoms with Crippen LogP contribution in [0.1, 0.15) is 10.4 Å². The molecule has 0 spiro atoms. The Kier molecular flexibility index (Phi) is 6.06. The summed E-state index contributed by atoms with van der Waals surface area (Å²) in [6.07, 6.45) is 0. The monoisotopic (exact) mass is 457 g/mol. The van der Waals surface area contributed by atoms with Crippen molar-refractivity contribution in [1.82, 2.24) is 0 Å². The van der Waals surface area contributed by atoms with Gasteiger partial charge in [-0.2, -0.15) is 21.6 Å². The van der Waals surface area contributed by atoms with Gasteiger partial charge in [0.05, 0.1) is 15.6 Å². The van der Waals surface area contributed by atoms with Crippen LogP contribution in [0.4, 0.5) is 30.2 Å². The van der Waals surface area contributed by atoms with Crippen molar-refractivity contribution in [3.63, 3.8) is 0 Å². The summed E-state index contributed by atoms with van der Waals surface area (Å²) < 4.78 is 60.7. The summed E-state index contributed by atoms with van der Waals surface area (Å²) in [5, 5.41) is 12.6. The molecule has 0 aromatic heterocycles. The molecule has 0 saturated carbocycles. The maximum absolute atomic E-state index is 12.4. The fourth-order valence-corrected chi connectivity index (χ4v) is 2.93. The Labute approximate surface area is 165 Å². The van der Waals surface area contributed by atoms with E-state index in [0.29, 0.717) is 0 Å². The number of halogens is 5. The summed E-state index contributed by atoms with van der Waals surface area (Å²) in [5.74, 6) is -0.792. The fourth-order valence-electron chi connectivity index (χ4n) is 1.88. The standard InChI is InChI=1S/C14H8Cl2F3N3O5S/c15-9-3-1-7(5-12(9)22(24)25)13(23)20-8-2-4-11(10(16)6-8)21-28(26,27)14(17,18)19/h1-6,21H,(H,20,23). The van der Waals surface area contributed by atoms with Gasteiger partial charge in [0.25, 0.3) is 11.6 Å². The number of amides is 1. The third-order valence-corrected chi connectivity index (χ3v) is 4.91. The number of sulfonamides is 1. The van der Waals surface area contributed by atoms with Crippen molar-refractivity contribution >= 4 is 56.2 Å². The Morgan fingerprint density at radius 3 is 2.25 bits per heavy atom. The van der Waals surface area contributed by atoms with E-state index in [1.807, 2.05) is 0 Å². The molecule has 0 aliphatic rings. The highest BCUT2D eigenvalue weighted by Crippen LogP contribution is 2.31. The molecular weight excluding hydrogens is 450 g/mol. The quantitative estimate of drug-likeness (QED) is 0.508. The first-order valence-corrected chi connectivity index (χ1v) is 9.19. The van der Waals surface area contributed by atoms with E-state index in [-0.39, 0.29) is 16.3 Å². The summed E-state index contributed by atoms with van der Waals surface area (Å²) >= 11 is 11.4. The zero-order chi connectivity index (χ0) is 21.3. The van der Waals surface area contributed by atoms with Crippen LogP contribution in [-0.2, 0) is 10.0 Å². The molecule has 0 aliphatic heterocycles. The molecule has 2 rings (SSSR count). The van der Waals surface area contributed by atoms with Gasteiger partial charge in [0.15, 0.2) is 0 Å². The predicted octanol–water partition coefficient (Wildman–Crippen LogP) is 4.42. The van der Waals surface area contributed by atoms with Crippen molar-refractivity contribution in [3.8, 4) is 0 Å². The van der Waals surface area contributed by atoms with Crippen LogP contribution in [0.15, 0.2) is 36.4 Å². The van der Waals surface area contributed by atoms with Gasteiger partial charge in [0.2, 0.25) is 0 Å². The summed E-state index contributed by atoms with van der Waals surface area (Å²) in [7, 11) is -5.67. The van der Waals surface area contributed by atoms with E-state index >= 15 is 0 Å². The molecule has 0 fully saturated rings. The molecule has 150 valence electrons. The molecule has 28 heavy (non-hydrogen) atoms. The highest BCUT2D eigenvalue weighted by molar-refractivity contribution is 7.93. The molecule has 0 atom stereocenters. The highest BCUT2D eigenvalue weighted by Gasteiger charge is 2.46. The summed E-state index contributed by atoms with van der Waals surface area (Å²) in [6.45, 7) is 0. The van der Waals surface area contributed by atoms with E-state index in [9.17, 15) is 36.5 Å². The van der Waals surface area contributed by atoms with Gasteiger partial charge < -0.3 is 5.32 Å². The number of nitrogens with zero attached hydrogens (tertiary/aromatic N) is 1. The first-order valence-electron chi connectivity index (χ1n) is 6.96. The molecule has 2 N–H and O–H groups in total. The van der Waals surface area contributed by atoms with Crippen molar-refractivity contribution in [3.05, 3.63) is 62.1 Å². The van der Waals surface area contributed by atoms with Crippen molar-refractivity contribution in [2.75, 3.05) is 10.0 Å². The van der Waals surface area contributed by atoms with Crippen molar-refractivity contribution in [2.45, 2.75) is 5.51 Å². The average Bonchev–Trinajstić information content (AvgIpc) is 2.56. The Balaban J connectivity index is 2.22. The lowest BCUT2D eigenvalue weighted by molar-refractivity contribution is -0.384. The number of nitro groups is 1. The van der Waals surface area contributed by atoms with Crippen LogP contribution in [0.25, 0.3) is 0 Å². The summed E-state index contributed by atoms with van der Waals surface area (Å²) in [6, 6.07) is 6.30. The van der Waals surface area contributed by atoms with Gasteiger partial charge in [0, 0.05) is 17.3 Å². The molecule has 1 amide bonds. The molecule has 0 saturated heterocycles. The first kappa shape index (κ1) is 21.7. The number of benzene rings is 2. The van der Waals surface area contributed by atoms with Crippen LogP contribution >= 0.6 is 23.2 Å². The third kappa shape index (κ3) is 4.82. The molecular formula is C14H8Cl2F3N3O5S. The van der Waals surface area contributed by atoms with Crippen LogP contribution in [0.2, 0.25) is 10.0 Å². The van der Waals surface area contributed by atoms with Gasteiger partial charge in [-0.15, -0.1) is 0 Å². The third-order valence-electron chi connectivity index (χ3n) is 3.18. The largest absolute Gasteiger partial charge is 0.516 e. The van der Waals surface area contributed by atoms with Gasteiger partial charge >= 0.3 is 15.5 Å². The van der Waals surface area contributed by atoms with Crippen molar-refractivity contribution in [2.24, 2.45) is 0 Å². The van der Waals surface area contributed by atoms with Gasteiger partial charge in [-0.05, 0) is 30.3 Å². The number of nitrogens with one attached hydrogen (secondary N) is 2. The normalized spacial score (nSPS) is 11.8. The first-order chi connectivity index (χ1) is 12.8. The number of carbonyl (C=O) groups excluding carboxylic acids is 1. The van der Waals surface area contributed by atoms with E-state index in [0.717, 1.165) is 30.3 Å². The second-order valence-corrected chi connectivity index (χ2v) is 7.61. The van der Waals surface area contributed by atoms with E-state index in [2.05, 4.69) is 5.32 Å². The summed E-state index contributed by atoms with van der Waals surface area (Å²) in [4.78, 5) is 22.3. The lowest BCUT2D eigenvalue weighted by Gasteiger charge is -2.13. The fraction of sp³-hybridized carbons (Fsp3) is 0.0714. The molecule has 8 nitrogen and oxygen atoms in total. The van der Waals surface area contributed by atoms with Gasteiger partial charge in [-0.3, -0.25) is 19.6 Å². The zero-order valence-electron chi connectivity index (χ0n) is 13.3. The molecule has 0 heterocycles. The Morgan fingerprint density at radius 2 is 1.71 bits per heavy atom. The van der Waals surface area contributed by atoms with Crippen LogP contribution in [0.3, 0.4) is 0 Å². The SMILES string of the molecule is O=C(Nc1ccc(NS(=O)(=O)C(F)(F)F)c(Cl)c1)c1ccc(Cl)c([N+](=O)[O-])c1. The molecule has 2 aromatic carbocycles. The Morgan fingerprint density at radius 1 is 1.07 bits per heavy atom. The maximum Gasteiger partial charge on any atom is 0.516 e. The second kappa shape index (κ2) is 7.81. The van der Waals surface area contributed by atoms with Crippen LogP contribution in [-0.4, -0.2) is 24.8 Å². The summed E-state index contributed by atoms with van der Waals surface area (Å²) in [5.41, 5.74) is -6.70. The topological polar surface area (TPSA) is 118 Å². The predicted molar refractivity (Wildman–Crippen MR) is 96.1 cm³/mol. The average molecular weight is 458 g/mol. The van der Waals surface area contributed by atoms with Crippen LogP contribution in [0.5, 0.6) is 0 Å². The smallest absolute Gasteiger partial charge is 0.322 e. The molecule has 0 radical (unpaired) electrons. The van der Waals surface area contributed by atoms with Gasteiger partial charge in [-0.25, -0.2) is 0 Å². The maximum atomic E-state index is 12.4. The van der Waals surface area contributed by atoms with Gasteiger partial charge in [0.1, 0.15) is 5.02 Å². The molecule has 0 unspecified atom stereocenters. The second-order valence-electron chi connectivity index (χ2n) is 5.12. The van der Waals surface area contributed by atoms with Crippen molar-refractivity contribution < 1.29 is 31.3 Å². The number of rotatable bonds is 5. The van der Waals surface area contributed by atoms with Crippen molar-refractivity contribution in [1.29, 1.82) is 0 Å². The highest BCUT2D eigenvalue weighted by atomic mass is 35.5. The minimum Gasteiger partial charge on any atom is -0.322 e. The van der Waals surface area contributed by atoms with E-state index < -0.39 is 42.8 Å². The molecule has 0 aliphatic carbocycles. The Bertz CT molecular complexity index is 1060. The zero-order valence-corrected chi connectivity index (χ0v) is 15.6.